The van der Waals surface area contributed by atoms with E-state index in [1.54, 1.807) is 4.90 Å². The van der Waals surface area contributed by atoms with Crippen LogP contribution in [0.5, 0.6) is 0 Å². The molecule has 0 bridgehead atoms. The second kappa shape index (κ2) is 9.46. The van der Waals surface area contributed by atoms with Gasteiger partial charge in [-0.05, 0) is 33.8 Å². The first-order valence-electron chi connectivity index (χ1n) is 9.44. The van der Waals surface area contributed by atoms with E-state index in [1.807, 2.05) is 25.7 Å². The summed E-state index contributed by atoms with van der Waals surface area (Å²) in [5.41, 5.74) is -0.690. The van der Waals surface area contributed by atoms with Crippen LogP contribution >= 0.6 is 11.6 Å². The van der Waals surface area contributed by atoms with Crippen LogP contribution in [0.3, 0.4) is 0 Å². The number of hydrogen-bond acceptors (Lipinski definition) is 7. The van der Waals surface area contributed by atoms with Crippen LogP contribution in [-0.4, -0.2) is 74.1 Å². The molecule has 1 aliphatic rings. The van der Waals surface area contributed by atoms with Crippen molar-refractivity contribution in [1.29, 1.82) is 0 Å². The highest BCUT2D eigenvalue weighted by Gasteiger charge is 2.26. The van der Waals surface area contributed by atoms with Gasteiger partial charge in [0, 0.05) is 50.9 Å². The molecule has 0 radical (unpaired) electrons. The van der Waals surface area contributed by atoms with Crippen molar-refractivity contribution >= 4 is 33.4 Å². The largest absolute Gasteiger partial charge is 0.444 e. The number of carbonyl (C=O) groups is 1. The molecule has 10 nitrogen and oxygen atoms in total. The van der Waals surface area contributed by atoms with E-state index in [0.29, 0.717) is 32.7 Å². The maximum absolute atomic E-state index is 12.5. The van der Waals surface area contributed by atoms with Crippen molar-refractivity contribution in [3.63, 3.8) is 0 Å². The predicted molar refractivity (Wildman–Crippen MR) is 112 cm³/mol. The summed E-state index contributed by atoms with van der Waals surface area (Å²) < 4.78 is 32.8. The van der Waals surface area contributed by atoms with E-state index in [0.717, 1.165) is 6.07 Å². The Balaban J connectivity index is 1.89. The van der Waals surface area contributed by atoms with Gasteiger partial charge in [-0.1, -0.05) is 11.6 Å². The molecule has 1 aromatic rings. The number of benzene rings is 1. The van der Waals surface area contributed by atoms with E-state index in [2.05, 4.69) is 4.72 Å². The number of nitro benzene ring substituents is 1. The van der Waals surface area contributed by atoms with Crippen molar-refractivity contribution in [3.05, 3.63) is 32.8 Å². The van der Waals surface area contributed by atoms with E-state index < -0.39 is 20.5 Å². The third-order valence-electron chi connectivity index (χ3n) is 4.54. The van der Waals surface area contributed by atoms with Gasteiger partial charge >= 0.3 is 6.09 Å². The summed E-state index contributed by atoms with van der Waals surface area (Å²) >= 11 is 5.96. The summed E-state index contributed by atoms with van der Waals surface area (Å²) in [7, 11) is -3.95. The van der Waals surface area contributed by atoms with E-state index in [9.17, 15) is 23.3 Å². The SMILES string of the molecule is Cc1c(Cl)cc(S(=O)(=O)NCCN2CCN(C(=O)OC(C)(C)C)CC2)cc1[N+](=O)[O-]. The second-order valence-electron chi connectivity index (χ2n) is 8.01. The van der Waals surface area contributed by atoms with Crippen molar-refractivity contribution < 1.29 is 22.9 Å². The fraction of sp³-hybridized carbons (Fsp3) is 0.611. The Morgan fingerprint density at radius 2 is 1.87 bits per heavy atom. The minimum atomic E-state index is -3.95. The summed E-state index contributed by atoms with van der Waals surface area (Å²) in [4.78, 5) is 25.9. The molecular weight excluding hydrogens is 436 g/mol. The van der Waals surface area contributed by atoms with E-state index in [-0.39, 0.29) is 33.8 Å². The molecule has 0 spiro atoms. The van der Waals surface area contributed by atoms with Crippen LogP contribution in [0, 0.1) is 17.0 Å². The maximum Gasteiger partial charge on any atom is 0.410 e. The third kappa shape index (κ3) is 6.53. The summed E-state index contributed by atoms with van der Waals surface area (Å²) in [6.45, 7) is 9.59. The molecule has 0 atom stereocenters. The lowest BCUT2D eigenvalue weighted by molar-refractivity contribution is -0.385. The van der Waals surface area contributed by atoms with Gasteiger partial charge in [0.1, 0.15) is 5.60 Å². The van der Waals surface area contributed by atoms with Gasteiger partial charge in [-0.3, -0.25) is 15.0 Å². The summed E-state index contributed by atoms with van der Waals surface area (Å²) in [6.07, 6.45) is -0.360. The molecule has 12 heteroatoms. The molecule has 1 aliphatic heterocycles. The molecule has 2 rings (SSSR count). The Hall–Kier alpha value is -1.95. The lowest BCUT2D eigenvalue weighted by Crippen LogP contribution is -2.51. The molecular formula is C18H27ClN4O6S. The van der Waals surface area contributed by atoms with Gasteiger partial charge in [0.05, 0.1) is 14.8 Å². The Morgan fingerprint density at radius 1 is 1.27 bits per heavy atom. The average Bonchev–Trinajstić information content (AvgIpc) is 2.62. The van der Waals surface area contributed by atoms with Crippen LogP contribution in [0.15, 0.2) is 17.0 Å². The zero-order chi connectivity index (χ0) is 22.7. The molecule has 1 heterocycles. The monoisotopic (exact) mass is 462 g/mol. The topological polar surface area (TPSA) is 122 Å². The lowest BCUT2D eigenvalue weighted by atomic mass is 10.2. The normalized spacial score (nSPS) is 15.8. The third-order valence-corrected chi connectivity index (χ3v) is 6.37. The Bertz CT molecular complexity index is 908. The highest BCUT2D eigenvalue weighted by Crippen LogP contribution is 2.29. The minimum Gasteiger partial charge on any atom is -0.444 e. The number of hydrogen-bond donors (Lipinski definition) is 1. The fourth-order valence-corrected chi connectivity index (χ4v) is 4.23. The molecule has 30 heavy (non-hydrogen) atoms. The molecule has 0 saturated carbocycles. The van der Waals surface area contributed by atoms with E-state index >= 15 is 0 Å². The Kier molecular flexibility index (Phi) is 7.67. The molecule has 168 valence electrons. The molecule has 0 aliphatic carbocycles. The van der Waals surface area contributed by atoms with Gasteiger partial charge in [0.15, 0.2) is 0 Å². The minimum absolute atomic E-state index is 0.0165. The van der Waals surface area contributed by atoms with Crippen LogP contribution in [-0.2, 0) is 14.8 Å². The second-order valence-corrected chi connectivity index (χ2v) is 10.2. The van der Waals surface area contributed by atoms with Gasteiger partial charge in [0.2, 0.25) is 10.0 Å². The number of sulfonamides is 1. The molecule has 0 aromatic heterocycles. The standard InChI is InChI=1S/C18H27ClN4O6S/c1-13-15(19)11-14(12-16(13)23(25)26)30(27,28)20-5-6-21-7-9-22(10-8-21)17(24)29-18(2,3)4/h11-12,20H,5-10H2,1-4H3. The summed E-state index contributed by atoms with van der Waals surface area (Å²) in [5.74, 6) is 0. The number of nitro groups is 1. The van der Waals surface area contributed by atoms with Crippen molar-refractivity contribution in [2.45, 2.75) is 38.2 Å². The number of halogens is 1. The molecule has 1 N–H and O–H groups in total. The Morgan fingerprint density at radius 3 is 2.40 bits per heavy atom. The molecule has 1 aromatic carbocycles. The predicted octanol–water partition coefficient (Wildman–Crippen LogP) is 2.39. The number of piperazine rings is 1. The van der Waals surface area contributed by atoms with Gasteiger partial charge < -0.3 is 9.64 Å². The zero-order valence-electron chi connectivity index (χ0n) is 17.5. The van der Waals surface area contributed by atoms with E-state index in [1.165, 1.54) is 13.0 Å². The summed E-state index contributed by atoms with van der Waals surface area (Å²) in [6, 6.07) is 2.20. The molecule has 1 fully saturated rings. The highest BCUT2D eigenvalue weighted by atomic mass is 35.5. The van der Waals surface area contributed by atoms with Gasteiger partial charge in [-0.15, -0.1) is 0 Å². The number of ether oxygens (including phenoxy) is 1. The Labute approximate surface area is 181 Å². The highest BCUT2D eigenvalue weighted by molar-refractivity contribution is 7.89. The van der Waals surface area contributed by atoms with Crippen LogP contribution < -0.4 is 4.72 Å². The number of nitrogens with zero attached hydrogens (tertiary/aromatic N) is 3. The first-order chi connectivity index (χ1) is 13.8. The molecule has 0 unspecified atom stereocenters. The molecule has 1 amide bonds. The van der Waals surface area contributed by atoms with Crippen LogP contribution in [0.2, 0.25) is 5.02 Å². The number of carbonyl (C=O) groups excluding carboxylic acids is 1. The smallest absolute Gasteiger partial charge is 0.410 e. The van der Waals surface area contributed by atoms with Crippen molar-refractivity contribution in [2.75, 3.05) is 39.3 Å². The summed E-state index contributed by atoms with van der Waals surface area (Å²) in [5, 5.41) is 11.1. The maximum atomic E-state index is 12.5. The van der Waals surface area contributed by atoms with Crippen molar-refractivity contribution in [1.82, 2.24) is 14.5 Å². The van der Waals surface area contributed by atoms with Gasteiger partial charge in [-0.2, -0.15) is 0 Å². The zero-order valence-corrected chi connectivity index (χ0v) is 19.0. The number of amides is 1. The van der Waals surface area contributed by atoms with Crippen molar-refractivity contribution in [2.24, 2.45) is 0 Å². The van der Waals surface area contributed by atoms with Gasteiger partial charge in [0.25, 0.3) is 5.69 Å². The molecule has 1 saturated heterocycles. The first kappa shape index (κ1) is 24.3. The lowest BCUT2D eigenvalue weighted by Gasteiger charge is -2.35. The van der Waals surface area contributed by atoms with E-state index in [4.69, 9.17) is 16.3 Å². The van der Waals surface area contributed by atoms with Crippen molar-refractivity contribution in [3.8, 4) is 0 Å². The van der Waals surface area contributed by atoms with Crippen LogP contribution in [0.1, 0.15) is 26.3 Å². The number of nitrogens with one attached hydrogen (secondary N) is 1. The van der Waals surface area contributed by atoms with Crippen LogP contribution in [0.25, 0.3) is 0 Å². The van der Waals surface area contributed by atoms with Gasteiger partial charge in [-0.25, -0.2) is 17.9 Å². The fourth-order valence-electron chi connectivity index (χ4n) is 2.89. The quantitative estimate of drug-likeness (QED) is 0.508. The van der Waals surface area contributed by atoms with Crippen LogP contribution in [0.4, 0.5) is 10.5 Å². The average molecular weight is 463 g/mol. The first-order valence-corrected chi connectivity index (χ1v) is 11.3. The number of rotatable bonds is 6.